The molecule has 20 heavy (non-hydrogen) atoms. The van der Waals surface area contributed by atoms with E-state index in [1.165, 1.54) is 4.90 Å². The van der Waals surface area contributed by atoms with E-state index >= 15 is 0 Å². The molecule has 0 saturated carbocycles. The molecule has 0 atom stereocenters. The van der Waals surface area contributed by atoms with E-state index in [2.05, 4.69) is 10.3 Å². The molecule has 0 spiro atoms. The Morgan fingerprint density at radius 3 is 1.95 bits per heavy atom. The minimum absolute atomic E-state index is 0.147. The zero-order valence-corrected chi connectivity index (χ0v) is 11.4. The SMILES string of the molecule is CN(C)C(=O)Nc1c2ccccc2nc2ccccc12. The lowest BCUT2D eigenvalue weighted by Crippen LogP contribution is -2.27. The summed E-state index contributed by atoms with van der Waals surface area (Å²) in [5, 5.41) is 4.87. The molecule has 1 heterocycles. The highest BCUT2D eigenvalue weighted by Crippen LogP contribution is 2.30. The Balaban J connectivity index is 2.30. The van der Waals surface area contributed by atoms with Crippen LogP contribution in [-0.2, 0) is 0 Å². The molecule has 100 valence electrons. The van der Waals surface area contributed by atoms with Gasteiger partial charge in [-0.2, -0.15) is 0 Å². The van der Waals surface area contributed by atoms with Crippen LogP contribution in [0.3, 0.4) is 0 Å². The number of benzene rings is 2. The molecule has 0 radical (unpaired) electrons. The Kier molecular flexibility index (Phi) is 2.99. The number of para-hydroxylation sites is 2. The van der Waals surface area contributed by atoms with Crippen molar-refractivity contribution in [2.45, 2.75) is 0 Å². The van der Waals surface area contributed by atoms with Gasteiger partial charge in [-0.1, -0.05) is 36.4 Å². The molecule has 0 unspecified atom stereocenters. The van der Waals surface area contributed by atoms with Gasteiger partial charge >= 0.3 is 6.03 Å². The molecule has 0 aliphatic carbocycles. The summed E-state index contributed by atoms with van der Waals surface area (Å²) in [5.41, 5.74) is 2.56. The van der Waals surface area contributed by atoms with Crippen LogP contribution in [0.5, 0.6) is 0 Å². The first-order valence-corrected chi connectivity index (χ1v) is 6.42. The lowest BCUT2D eigenvalue weighted by atomic mass is 10.1. The number of amides is 2. The lowest BCUT2D eigenvalue weighted by Gasteiger charge is -2.15. The van der Waals surface area contributed by atoms with Crippen molar-refractivity contribution in [2.75, 3.05) is 19.4 Å². The van der Waals surface area contributed by atoms with Crippen LogP contribution in [0.25, 0.3) is 21.8 Å². The molecule has 0 aliphatic heterocycles. The summed E-state index contributed by atoms with van der Waals surface area (Å²) in [6.45, 7) is 0. The van der Waals surface area contributed by atoms with Crippen LogP contribution < -0.4 is 5.32 Å². The molecule has 0 bridgehead atoms. The number of anilines is 1. The fourth-order valence-electron chi connectivity index (χ4n) is 2.19. The molecular formula is C16H15N3O. The van der Waals surface area contributed by atoms with Crippen LogP contribution >= 0.6 is 0 Å². The van der Waals surface area contributed by atoms with E-state index < -0.39 is 0 Å². The predicted octanol–water partition coefficient (Wildman–Crippen LogP) is 3.48. The summed E-state index contributed by atoms with van der Waals surface area (Å²) >= 11 is 0. The zero-order chi connectivity index (χ0) is 14.1. The van der Waals surface area contributed by atoms with Crippen molar-refractivity contribution in [1.29, 1.82) is 0 Å². The van der Waals surface area contributed by atoms with Crippen LogP contribution in [0.4, 0.5) is 10.5 Å². The Morgan fingerprint density at radius 2 is 1.45 bits per heavy atom. The first-order valence-electron chi connectivity index (χ1n) is 6.42. The third kappa shape index (κ3) is 2.05. The standard InChI is InChI=1S/C16H15N3O/c1-19(2)16(20)18-15-11-7-3-5-9-13(11)17-14-10-6-4-8-12(14)15/h3-10H,1-2H3,(H,17,18,20). The number of urea groups is 1. The highest BCUT2D eigenvalue weighted by atomic mass is 16.2. The highest BCUT2D eigenvalue weighted by Gasteiger charge is 2.12. The van der Waals surface area contributed by atoms with Gasteiger partial charge in [0.2, 0.25) is 0 Å². The summed E-state index contributed by atoms with van der Waals surface area (Å²) in [4.78, 5) is 18.1. The van der Waals surface area contributed by atoms with E-state index in [4.69, 9.17) is 0 Å². The highest BCUT2D eigenvalue weighted by molar-refractivity contribution is 6.12. The van der Waals surface area contributed by atoms with Crippen molar-refractivity contribution in [3.05, 3.63) is 48.5 Å². The number of carbonyl (C=O) groups excluding carboxylic acids is 1. The maximum atomic E-state index is 12.0. The number of fused-ring (bicyclic) bond motifs is 2. The molecule has 4 heteroatoms. The van der Waals surface area contributed by atoms with Crippen molar-refractivity contribution in [2.24, 2.45) is 0 Å². The molecule has 1 aromatic heterocycles. The molecule has 0 fully saturated rings. The molecule has 2 aromatic carbocycles. The number of rotatable bonds is 1. The van der Waals surface area contributed by atoms with E-state index in [9.17, 15) is 4.79 Å². The Hall–Kier alpha value is -2.62. The minimum atomic E-state index is -0.147. The van der Waals surface area contributed by atoms with E-state index in [1.54, 1.807) is 14.1 Å². The van der Waals surface area contributed by atoms with Gasteiger partial charge in [0.05, 0.1) is 16.7 Å². The molecule has 0 saturated heterocycles. The number of aromatic nitrogens is 1. The largest absolute Gasteiger partial charge is 0.331 e. The maximum Gasteiger partial charge on any atom is 0.321 e. The quantitative estimate of drug-likeness (QED) is 0.685. The predicted molar refractivity (Wildman–Crippen MR) is 82.0 cm³/mol. The zero-order valence-electron chi connectivity index (χ0n) is 11.4. The molecule has 1 N–H and O–H groups in total. The van der Waals surface area contributed by atoms with Crippen LogP contribution in [-0.4, -0.2) is 30.0 Å². The van der Waals surface area contributed by atoms with Gasteiger partial charge < -0.3 is 10.2 Å². The third-order valence-corrected chi connectivity index (χ3v) is 3.23. The topological polar surface area (TPSA) is 45.2 Å². The molecule has 2 amide bonds. The van der Waals surface area contributed by atoms with E-state index in [-0.39, 0.29) is 6.03 Å². The average Bonchev–Trinajstić information content (AvgIpc) is 2.46. The van der Waals surface area contributed by atoms with E-state index in [1.807, 2.05) is 48.5 Å². The number of carbonyl (C=O) groups is 1. The fraction of sp³-hybridized carbons (Fsp3) is 0.125. The molecule has 3 rings (SSSR count). The van der Waals surface area contributed by atoms with E-state index in [0.717, 1.165) is 27.5 Å². The molecule has 0 aliphatic rings. The van der Waals surface area contributed by atoms with Gasteiger partial charge in [-0.15, -0.1) is 0 Å². The van der Waals surface area contributed by atoms with Gasteiger partial charge in [-0.25, -0.2) is 9.78 Å². The van der Waals surface area contributed by atoms with Crippen molar-refractivity contribution in [3.63, 3.8) is 0 Å². The summed E-state index contributed by atoms with van der Waals surface area (Å²) < 4.78 is 0. The lowest BCUT2D eigenvalue weighted by molar-refractivity contribution is 0.231. The second-order valence-corrected chi connectivity index (χ2v) is 4.85. The number of pyridine rings is 1. The van der Waals surface area contributed by atoms with Crippen LogP contribution in [0, 0.1) is 0 Å². The smallest absolute Gasteiger partial charge is 0.321 e. The Morgan fingerprint density at radius 1 is 0.950 bits per heavy atom. The van der Waals surface area contributed by atoms with Crippen molar-refractivity contribution in [1.82, 2.24) is 9.88 Å². The van der Waals surface area contributed by atoms with Crippen LogP contribution in [0.1, 0.15) is 0 Å². The monoisotopic (exact) mass is 265 g/mol. The van der Waals surface area contributed by atoms with E-state index in [0.29, 0.717) is 0 Å². The van der Waals surface area contributed by atoms with Gasteiger partial charge in [0.25, 0.3) is 0 Å². The molecular weight excluding hydrogens is 250 g/mol. The first kappa shape index (κ1) is 12.4. The normalized spacial score (nSPS) is 10.7. The molecule has 3 aromatic rings. The van der Waals surface area contributed by atoms with Crippen LogP contribution in [0.15, 0.2) is 48.5 Å². The maximum absolute atomic E-state index is 12.0. The second-order valence-electron chi connectivity index (χ2n) is 4.85. The summed E-state index contributed by atoms with van der Waals surface area (Å²) in [6.07, 6.45) is 0. The van der Waals surface area contributed by atoms with Crippen molar-refractivity contribution >= 4 is 33.5 Å². The van der Waals surface area contributed by atoms with Gasteiger partial charge in [-0.3, -0.25) is 0 Å². The number of nitrogens with one attached hydrogen (secondary N) is 1. The molecule has 4 nitrogen and oxygen atoms in total. The number of hydrogen-bond acceptors (Lipinski definition) is 2. The summed E-state index contributed by atoms with van der Waals surface area (Å²) in [7, 11) is 3.45. The third-order valence-electron chi connectivity index (χ3n) is 3.23. The first-order chi connectivity index (χ1) is 9.66. The number of nitrogens with zero attached hydrogens (tertiary/aromatic N) is 2. The van der Waals surface area contributed by atoms with Gasteiger partial charge in [-0.05, 0) is 12.1 Å². The van der Waals surface area contributed by atoms with Crippen LogP contribution in [0.2, 0.25) is 0 Å². The Labute approximate surface area is 117 Å². The Bertz CT molecular complexity index is 742. The summed E-state index contributed by atoms with van der Waals surface area (Å²) in [6, 6.07) is 15.5. The second kappa shape index (κ2) is 4.81. The average molecular weight is 265 g/mol. The number of hydrogen-bond donors (Lipinski definition) is 1. The van der Waals surface area contributed by atoms with Crippen molar-refractivity contribution < 1.29 is 4.79 Å². The minimum Gasteiger partial charge on any atom is -0.331 e. The summed E-state index contributed by atoms with van der Waals surface area (Å²) in [5.74, 6) is 0. The van der Waals surface area contributed by atoms with Gasteiger partial charge in [0.1, 0.15) is 0 Å². The fourth-order valence-corrected chi connectivity index (χ4v) is 2.19. The van der Waals surface area contributed by atoms with Gasteiger partial charge in [0.15, 0.2) is 0 Å². The van der Waals surface area contributed by atoms with Gasteiger partial charge in [0, 0.05) is 24.9 Å². The van der Waals surface area contributed by atoms with Crippen molar-refractivity contribution in [3.8, 4) is 0 Å².